The Labute approximate surface area is 190 Å². The van der Waals surface area contributed by atoms with Gasteiger partial charge in [0, 0.05) is 55.4 Å². The van der Waals surface area contributed by atoms with Crippen molar-refractivity contribution in [3.8, 4) is 11.5 Å². The highest BCUT2D eigenvalue weighted by Crippen LogP contribution is 2.30. The maximum Gasteiger partial charge on any atom is 0.128 e. The van der Waals surface area contributed by atoms with E-state index in [1.807, 2.05) is 24.3 Å². The Morgan fingerprint density at radius 3 is 2.41 bits per heavy atom. The first-order valence-corrected chi connectivity index (χ1v) is 11.4. The number of hydrogen-bond donors (Lipinski definition) is 2. The average molecular weight is 435 g/mol. The van der Waals surface area contributed by atoms with Crippen LogP contribution in [-0.4, -0.2) is 45.4 Å². The zero-order chi connectivity index (χ0) is 22.5. The smallest absolute Gasteiger partial charge is 0.128 e. The monoisotopic (exact) mass is 434 g/mol. The minimum absolute atomic E-state index is 0.447. The molecule has 2 aromatic carbocycles. The van der Waals surface area contributed by atoms with Gasteiger partial charge in [0.25, 0.3) is 0 Å². The normalized spacial score (nSPS) is 18.4. The summed E-state index contributed by atoms with van der Waals surface area (Å²) in [6, 6.07) is 17.4. The Bertz CT molecular complexity index is 1050. The summed E-state index contributed by atoms with van der Waals surface area (Å²) in [5.74, 6) is 2.72. The van der Waals surface area contributed by atoms with Gasteiger partial charge in [0.2, 0.25) is 0 Å². The number of pyridine rings is 1. The van der Waals surface area contributed by atoms with Crippen LogP contribution in [0.3, 0.4) is 0 Å². The van der Waals surface area contributed by atoms with E-state index in [9.17, 15) is 0 Å². The van der Waals surface area contributed by atoms with Crippen LogP contribution in [0.25, 0.3) is 10.9 Å². The van der Waals surface area contributed by atoms with Crippen LogP contribution in [0.2, 0.25) is 0 Å². The molecular weight excluding hydrogens is 400 g/mol. The molecule has 0 bridgehead atoms. The molecule has 1 saturated carbocycles. The van der Waals surface area contributed by atoms with Crippen LogP contribution in [0, 0.1) is 0 Å². The minimum atomic E-state index is 0.447. The molecule has 0 amide bonds. The molecule has 0 atom stereocenters. The largest absolute Gasteiger partial charge is 0.497 e. The number of benzene rings is 2. The van der Waals surface area contributed by atoms with Crippen LogP contribution in [0.15, 0.2) is 48.5 Å². The van der Waals surface area contributed by atoms with E-state index < -0.39 is 0 Å². The van der Waals surface area contributed by atoms with Crippen molar-refractivity contribution in [2.45, 2.75) is 44.3 Å². The number of methoxy groups -OCH3 is 2. The van der Waals surface area contributed by atoms with Crippen LogP contribution >= 0.6 is 0 Å². The fourth-order valence-corrected chi connectivity index (χ4v) is 4.53. The van der Waals surface area contributed by atoms with E-state index in [0.29, 0.717) is 12.1 Å². The van der Waals surface area contributed by atoms with E-state index in [1.165, 1.54) is 11.1 Å². The topological polar surface area (TPSA) is 58.7 Å². The maximum atomic E-state index is 5.51. The number of nitrogens with one attached hydrogen (secondary N) is 2. The molecule has 6 heteroatoms. The van der Waals surface area contributed by atoms with Crippen LogP contribution in [0.1, 0.15) is 31.2 Å². The first kappa shape index (κ1) is 22.2. The van der Waals surface area contributed by atoms with Crippen LogP contribution in [-0.2, 0) is 6.54 Å². The zero-order valence-corrected chi connectivity index (χ0v) is 19.5. The molecule has 1 aromatic heterocycles. The molecule has 3 aromatic rings. The Hall–Kier alpha value is -2.99. The summed E-state index contributed by atoms with van der Waals surface area (Å²) >= 11 is 0. The number of aromatic nitrogens is 1. The summed E-state index contributed by atoms with van der Waals surface area (Å²) in [4.78, 5) is 7.02. The number of hydrogen-bond acceptors (Lipinski definition) is 6. The molecule has 0 saturated heterocycles. The van der Waals surface area contributed by atoms with E-state index in [4.69, 9.17) is 14.5 Å². The number of para-hydroxylation sites is 1. The molecule has 0 radical (unpaired) electrons. The van der Waals surface area contributed by atoms with Crippen molar-refractivity contribution in [1.82, 2.24) is 10.3 Å². The molecule has 0 spiro atoms. The highest BCUT2D eigenvalue weighted by Gasteiger charge is 2.22. The fourth-order valence-electron chi connectivity index (χ4n) is 4.53. The molecule has 1 fully saturated rings. The lowest BCUT2D eigenvalue weighted by atomic mass is 9.91. The fraction of sp³-hybridized carbons (Fsp3) is 0.423. The summed E-state index contributed by atoms with van der Waals surface area (Å²) in [7, 11) is 7.57. The summed E-state index contributed by atoms with van der Waals surface area (Å²) in [5.41, 5.74) is 3.35. The third-order valence-corrected chi connectivity index (χ3v) is 6.32. The molecule has 0 aliphatic heterocycles. The van der Waals surface area contributed by atoms with Crippen molar-refractivity contribution in [1.29, 1.82) is 0 Å². The second-order valence-corrected chi connectivity index (χ2v) is 8.69. The first-order valence-electron chi connectivity index (χ1n) is 11.4. The summed E-state index contributed by atoms with van der Waals surface area (Å²) in [5, 5.41) is 8.59. The van der Waals surface area contributed by atoms with Gasteiger partial charge in [0.1, 0.15) is 17.3 Å². The lowest BCUT2D eigenvalue weighted by molar-refractivity contribution is 0.347. The number of anilines is 2. The van der Waals surface area contributed by atoms with Gasteiger partial charge in [-0.2, -0.15) is 0 Å². The Morgan fingerprint density at radius 1 is 0.938 bits per heavy atom. The van der Waals surface area contributed by atoms with Gasteiger partial charge in [-0.05, 0) is 49.9 Å². The van der Waals surface area contributed by atoms with Crippen molar-refractivity contribution >= 4 is 22.4 Å². The van der Waals surface area contributed by atoms with Gasteiger partial charge >= 0.3 is 0 Å². The van der Waals surface area contributed by atoms with Gasteiger partial charge in [-0.1, -0.05) is 18.2 Å². The van der Waals surface area contributed by atoms with Gasteiger partial charge in [-0.3, -0.25) is 0 Å². The predicted octanol–water partition coefficient (Wildman–Crippen LogP) is 4.83. The van der Waals surface area contributed by atoms with E-state index >= 15 is 0 Å². The molecule has 4 rings (SSSR count). The quantitative estimate of drug-likeness (QED) is 0.530. The number of nitrogens with zero attached hydrogens (tertiary/aromatic N) is 2. The molecule has 32 heavy (non-hydrogen) atoms. The molecule has 1 heterocycles. The number of rotatable bonds is 8. The molecule has 1 aliphatic carbocycles. The molecule has 170 valence electrons. The standard InChI is InChI=1S/C26H34N4O2/c1-30(2)24-16-26(29-23-8-6-5-7-22(23)24)28-20-11-9-19(10-12-20)27-17-18-15-21(31-3)13-14-25(18)32-4/h5-8,13-16,19-20,27H,9-12,17H2,1-4H3,(H,28,29). The molecular formula is C26H34N4O2. The Morgan fingerprint density at radius 2 is 1.69 bits per heavy atom. The molecule has 2 N–H and O–H groups in total. The highest BCUT2D eigenvalue weighted by atomic mass is 16.5. The Balaban J connectivity index is 1.35. The lowest BCUT2D eigenvalue weighted by Gasteiger charge is -2.30. The number of ether oxygens (including phenoxy) is 2. The van der Waals surface area contributed by atoms with E-state index in [0.717, 1.165) is 60.6 Å². The second kappa shape index (κ2) is 10.1. The summed E-state index contributed by atoms with van der Waals surface area (Å²) in [6.07, 6.45) is 4.52. The van der Waals surface area contributed by atoms with Crippen LogP contribution in [0.4, 0.5) is 11.5 Å². The van der Waals surface area contributed by atoms with Gasteiger partial charge in [-0.15, -0.1) is 0 Å². The van der Waals surface area contributed by atoms with Gasteiger partial charge in [-0.25, -0.2) is 4.98 Å². The first-order chi connectivity index (χ1) is 15.6. The molecule has 0 unspecified atom stereocenters. The minimum Gasteiger partial charge on any atom is -0.497 e. The number of fused-ring (bicyclic) bond motifs is 1. The average Bonchev–Trinajstić information content (AvgIpc) is 2.82. The van der Waals surface area contributed by atoms with Gasteiger partial charge < -0.3 is 25.0 Å². The van der Waals surface area contributed by atoms with E-state index in [1.54, 1.807) is 14.2 Å². The Kier molecular flexibility index (Phi) is 7.00. The van der Waals surface area contributed by atoms with Crippen LogP contribution in [0.5, 0.6) is 11.5 Å². The van der Waals surface area contributed by atoms with Crippen molar-refractivity contribution in [2.75, 3.05) is 38.5 Å². The SMILES string of the molecule is COc1ccc(OC)c(CNC2CCC(Nc3cc(N(C)C)c4ccccc4n3)CC2)c1. The predicted molar refractivity (Wildman–Crippen MR) is 132 cm³/mol. The van der Waals surface area contributed by atoms with Crippen LogP contribution < -0.4 is 25.0 Å². The van der Waals surface area contributed by atoms with Gasteiger partial charge in [0.05, 0.1) is 19.7 Å². The maximum absolute atomic E-state index is 5.51. The third-order valence-electron chi connectivity index (χ3n) is 6.32. The second-order valence-electron chi connectivity index (χ2n) is 8.69. The van der Waals surface area contributed by atoms with Crippen molar-refractivity contribution in [3.05, 3.63) is 54.1 Å². The lowest BCUT2D eigenvalue weighted by Crippen LogP contribution is -2.36. The zero-order valence-electron chi connectivity index (χ0n) is 19.5. The van der Waals surface area contributed by atoms with E-state index in [-0.39, 0.29) is 0 Å². The van der Waals surface area contributed by atoms with Crippen molar-refractivity contribution in [2.24, 2.45) is 0 Å². The highest BCUT2D eigenvalue weighted by molar-refractivity contribution is 5.93. The van der Waals surface area contributed by atoms with E-state index in [2.05, 4.69) is 53.9 Å². The van der Waals surface area contributed by atoms with Crippen molar-refractivity contribution in [3.63, 3.8) is 0 Å². The summed E-state index contributed by atoms with van der Waals surface area (Å²) < 4.78 is 10.9. The van der Waals surface area contributed by atoms with Crippen molar-refractivity contribution < 1.29 is 9.47 Å². The molecule has 1 aliphatic rings. The summed E-state index contributed by atoms with van der Waals surface area (Å²) in [6.45, 7) is 0.779. The molecule has 6 nitrogen and oxygen atoms in total. The third kappa shape index (κ3) is 5.07. The van der Waals surface area contributed by atoms with Gasteiger partial charge in [0.15, 0.2) is 0 Å².